The maximum Gasteiger partial charge on any atom is 0.240 e. The minimum atomic E-state index is -3.79. The molecule has 21 heavy (non-hydrogen) atoms. The Morgan fingerprint density at radius 2 is 1.86 bits per heavy atom. The van der Waals surface area contributed by atoms with E-state index >= 15 is 0 Å². The molecule has 2 N–H and O–H groups in total. The lowest BCUT2D eigenvalue weighted by Crippen LogP contribution is -2.23. The fraction of sp³-hybridized carbons (Fsp3) is 0.143. The molecule has 2 aromatic rings. The van der Waals surface area contributed by atoms with Gasteiger partial charge in [0.05, 0.1) is 16.0 Å². The summed E-state index contributed by atoms with van der Waals surface area (Å²) in [6, 6.07) is 10.5. The van der Waals surface area contributed by atoms with Gasteiger partial charge >= 0.3 is 0 Å². The van der Waals surface area contributed by atoms with Crippen molar-refractivity contribution in [3.05, 3.63) is 63.9 Å². The smallest absolute Gasteiger partial charge is 0.240 e. The number of benzene rings is 2. The molecule has 0 aliphatic heterocycles. The summed E-state index contributed by atoms with van der Waals surface area (Å²) in [7, 11) is -3.79. The number of rotatable bonds is 5. The van der Waals surface area contributed by atoms with Gasteiger partial charge in [-0.2, -0.15) is 0 Å². The Bertz CT molecular complexity index is 750. The summed E-state index contributed by atoms with van der Waals surface area (Å²) in [5, 5.41) is 9.04. The molecule has 0 aliphatic carbocycles. The molecule has 0 fully saturated rings. The van der Waals surface area contributed by atoms with E-state index in [9.17, 15) is 12.8 Å². The maximum atomic E-state index is 13.4. The van der Waals surface area contributed by atoms with Gasteiger partial charge in [0.15, 0.2) is 0 Å². The second kappa shape index (κ2) is 6.65. The molecule has 2 aromatic carbocycles. The highest BCUT2D eigenvalue weighted by atomic mass is 79.9. The first-order chi connectivity index (χ1) is 9.92. The summed E-state index contributed by atoms with van der Waals surface area (Å²) in [4.78, 5) is -0.137. The first-order valence-corrected chi connectivity index (χ1v) is 8.33. The average molecular weight is 374 g/mol. The van der Waals surface area contributed by atoms with Crippen molar-refractivity contribution < 1.29 is 17.9 Å². The topological polar surface area (TPSA) is 66.4 Å². The van der Waals surface area contributed by atoms with Crippen LogP contribution in [0, 0.1) is 5.82 Å². The van der Waals surface area contributed by atoms with E-state index in [-0.39, 0.29) is 22.5 Å². The molecule has 7 heteroatoms. The third kappa shape index (κ3) is 4.10. The van der Waals surface area contributed by atoms with Crippen LogP contribution in [0.25, 0.3) is 0 Å². The molecule has 0 heterocycles. The molecule has 0 spiro atoms. The summed E-state index contributed by atoms with van der Waals surface area (Å²) in [5.74, 6) is -0.639. The molecule has 0 saturated heterocycles. The first kappa shape index (κ1) is 16.1. The van der Waals surface area contributed by atoms with Crippen LogP contribution in [-0.2, 0) is 23.2 Å². The van der Waals surface area contributed by atoms with E-state index in [1.807, 2.05) is 0 Å². The van der Waals surface area contributed by atoms with Crippen LogP contribution in [0.1, 0.15) is 11.1 Å². The van der Waals surface area contributed by atoms with Gasteiger partial charge in [-0.05, 0) is 45.3 Å². The average Bonchev–Trinajstić information content (AvgIpc) is 2.48. The van der Waals surface area contributed by atoms with E-state index in [0.717, 1.165) is 6.07 Å². The monoisotopic (exact) mass is 373 g/mol. The molecule has 0 aromatic heterocycles. The summed E-state index contributed by atoms with van der Waals surface area (Å²) < 4.78 is 40.2. The molecule has 0 unspecified atom stereocenters. The van der Waals surface area contributed by atoms with Gasteiger partial charge in [0.1, 0.15) is 5.82 Å². The quantitative estimate of drug-likeness (QED) is 0.846. The highest BCUT2D eigenvalue weighted by Crippen LogP contribution is 2.19. The van der Waals surface area contributed by atoms with Crippen molar-refractivity contribution in [1.29, 1.82) is 0 Å². The van der Waals surface area contributed by atoms with Crippen molar-refractivity contribution in [3.63, 3.8) is 0 Å². The zero-order valence-corrected chi connectivity index (χ0v) is 13.3. The predicted octanol–water partition coefficient (Wildman–Crippen LogP) is 2.56. The van der Waals surface area contributed by atoms with Gasteiger partial charge in [-0.15, -0.1) is 0 Å². The number of halogens is 2. The Hall–Kier alpha value is -1.28. The van der Waals surface area contributed by atoms with Crippen LogP contribution in [0.2, 0.25) is 0 Å². The summed E-state index contributed by atoms with van der Waals surface area (Å²) in [6.45, 7) is -0.0492. The number of nitrogens with one attached hydrogen (secondary N) is 1. The van der Waals surface area contributed by atoms with Gasteiger partial charge in [0.2, 0.25) is 10.0 Å². The zero-order valence-electron chi connectivity index (χ0n) is 10.9. The Morgan fingerprint density at radius 3 is 2.52 bits per heavy atom. The molecule has 0 atom stereocenters. The van der Waals surface area contributed by atoms with Gasteiger partial charge in [-0.25, -0.2) is 17.5 Å². The summed E-state index contributed by atoms with van der Waals surface area (Å²) >= 11 is 2.97. The van der Waals surface area contributed by atoms with Crippen LogP contribution in [0.5, 0.6) is 0 Å². The third-order valence-corrected chi connectivity index (χ3v) is 4.88. The molecule has 112 valence electrons. The number of hydrogen-bond donors (Lipinski definition) is 2. The van der Waals surface area contributed by atoms with Gasteiger partial charge in [0.25, 0.3) is 0 Å². The van der Waals surface area contributed by atoms with Crippen molar-refractivity contribution in [2.45, 2.75) is 18.0 Å². The number of sulfonamides is 1. The lowest BCUT2D eigenvalue weighted by molar-refractivity contribution is 0.281. The molecule has 4 nitrogen and oxygen atoms in total. The van der Waals surface area contributed by atoms with E-state index in [1.54, 1.807) is 24.3 Å². The van der Waals surface area contributed by atoms with Crippen molar-refractivity contribution in [3.8, 4) is 0 Å². The fourth-order valence-corrected chi connectivity index (χ4v) is 3.02. The van der Waals surface area contributed by atoms with Gasteiger partial charge in [-0.3, -0.25) is 0 Å². The Labute approximate surface area is 130 Å². The highest BCUT2D eigenvalue weighted by Gasteiger charge is 2.15. The second-order valence-electron chi connectivity index (χ2n) is 4.38. The zero-order chi connectivity index (χ0) is 15.5. The molecule has 2 rings (SSSR count). The largest absolute Gasteiger partial charge is 0.392 e. The van der Waals surface area contributed by atoms with E-state index in [2.05, 4.69) is 20.7 Å². The maximum absolute atomic E-state index is 13.4. The third-order valence-electron chi connectivity index (χ3n) is 2.84. The highest BCUT2D eigenvalue weighted by molar-refractivity contribution is 9.10. The Balaban J connectivity index is 2.15. The fourth-order valence-electron chi connectivity index (χ4n) is 1.74. The standard InChI is InChI=1S/C14H13BrFNO3S/c15-13-5-4-12(7-14(13)16)21(19,20)17-8-10-2-1-3-11(6-10)9-18/h1-7,17-18H,8-9H2. The predicted molar refractivity (Wildman–Crippen MR) is 80.5 cm³/mol. The Morgan fingerprint density at radius 1 is 1.14 bits per heavy atom. The Kier molecular flexibility index (Phi) is 5.10. The number of aliphatic hydroxyl groups is 1. The second-order valence-corrected chi connectivity index (χ2v) is 7.00. The first-order valence-electron chi connectivity index (χ1n) is 6.06. The van der Waals surface area contributed by atoms with Crippen LogP contribution in [-0.4, -0.2) is 13.5 Å². The summed E-state index contributed by atoms with van der Waals surface area (Å²) in [5.41, 5.74) is 1.41. The van der Waals surface area contributed by atoms with Crippen LogP contribution in [0.3, 0.4) is 0 Å². The van der Waals surface area contributed by atoms with Gasteiger partial charge in [0, 0.05) is 6.54 Å². The molecule has 0 aliphatic rings. The molecule has 0 radical (unpaired) electrons. The van der Waals surface area contributed by atoms with Crippen LogP contribution < -0.4 is 4.72 Å². The van der Waals surface area contributed by atoms with Crippen molar-refractivity contribution in [2.24, 2.45) is 0 Å². The lowest BCUT2D eigenvalue weighted by atomic mass is 10.1. The van der Waals surface area contributed by atoms with Crippen molar-refractivity contribution >= 4 is 26.0 Å². The van der Waals surface area contributed by atoms with Crippen LogP contribution in [0.15, 0.2) is 51.8 Å². The van der Waals surface area contributed by atoms with E-state index < -0.39 is 15.8 Å². The molecular weight excluding hydrogens is 361 g/mol. The van der Waals surface area contributed by atoms with E-state index in [0.29, 0.717) is 11.1 Å². The SMILES string of the molecule is O=S(=O)(NCc1cccc(CO)c1)c1ccc(Br)c(F)c1. The summed E-state index contributed by atoms with van der Waals surface area (Å²) in [6.07, 6.45) is 0. The van der Waals surface area contributed by atoms with Crippen LogP contribution in [0.4, 0.5) is 4.39 Å². The van der Waals surface area contributed by atoms with Crippen molar-refractivity contribution in [1.82, 2.24) is 4.72 Å². The molecule has 0 bridgehead atoms. The molecule has 0 amide bonds. The minimum Gasteiger partial charge on any atom is -0.392 e. The molecule has 0 saturated carbocycles. The minimum absolute atomic E-state index is 0.0633. The van der Waals surface area contributed by atoms with E-state index in [1.165, 1.54) is 12.1 Å². The molecular formula is C14H13BrFNO3S. The lowest BCUT2D eigenvalue weighted by Gasteiger charge is -2.08. The van der Waals surface area contributed by atoms with Gasteiger partial charge < -0.3 is 5.11 Å². The number of aliphatic hydroxyl groups excluding tert-OH is 1. The van der Waals surface area contributed by atoms with Crippen molar-refractivity contribution in [2.75, 3.05) is 0 Å². The van der Waals surface area contributed by atoms with Gasteiger partial charge in [-0.1, -0.05) is 24.3 Å². The van der Waals surface area contributed by atoms with E-state index in [4.69, 9.17) is 5.11 Å². The number of hydrogen-bond acceptors (Lipinski definition) is 3. The van der Waals surface area contributed by atoms with Crippen LogP contribution >= 0.6 is 15.9 Å². The normalized spacial score (nSPS) is 11.6.